The van der Waals surface area contributed by atoms with Crippen LogP contribution in [0, 0.1) is 0 Å². The number of nitrogens with one attached hydrogen (secondary N) is 2. The highest BCUT2D eigenvalue weighted by molar-refractivity contribution is 7.80. The van der Waals surface area contributed by atoms with Crippen molar-refractivity contribution < 1.29 is 4.42 Å². The molecule has 0 atom stereocenters. The molecule has 0 aromatic carbocycles. The van der Waals surface area contributed by atoms with E-state index >= 15 is 0 Å². The molecule has 0 radical (unpaired) electrons. The van der Waals surface area contributed by atoms with E-state index in [1.54, 1.807) is 24.6 Å². The lowest BCUT2D eigenvalue weighted by Crippen LogP contribution is -2.32. The Balaban J connectivity index is 2.25. The van der Waals surface area contributed by atoms with Crippen molar-refractivity contribution in [2.75, 3.05) is 6.54 Å². The molecule has 0 saturated carbocycles. The molecule has 0 aliphatic carbocycles. The molecule has 1 aromatic rings. The number of rotatable bonds is 4. The second kappa shape index (κ2) is 5.98. The van der Waals surface area contributed by atoms with Crippen LogP contribution in [0.3, 0.4) is 0 Å². The van der Waals surface area contributed by atoms with E-state index < -0.39 is 0 Å². The zero-order chi connectivity index (χ0) is 11.1. The van der Waals surface area contributed by atoms with Gasteiger partial charge in [-0.3, -0.25) is 5.43 Å². The van der Waals surface area contributed by atoms with Crippen LogP contribution in [0.5, 0.6) is 0 Å². The summed E-state index contributed by atoms with van der Waals surface area (Å²) < 4.78 is 5.05. The Labute approximate surface area is 94.0 Å². The molecule has 1 heterocycles. The van der Waals surface area contributed by atoms with Crippen LogP contribution in [0.1, 0.15) is 12.7 Å². The Morgan fingerprint density at radius 1 is 1.73 bits per heavy atom. The predicted molar refractivity (Wildman–Crippen MR) is 64.9 cm³/mol. The van der Waals surface area contributed by atoms with Crippen LogP contribution < -0.4 is 10.7 Å². The maximum Gasteiger partial charge on any atom is 0.187 e. The van der Waals surface area contributed by atoms with Gasteiger partial charge >= 0.3 is 0 Å². The Kier molecular flexibility index (Phi) is 4.56. The summed E-state index contributed by atoms with van der Waals surface area (Å²) in [7, 11) is 0. The van der Waals surface area contributed by atoms with Gasteiger partial charge in [-0.15, -0.1) is 0 Å². The molecular formula is C10H13N3OS. The van der Waals surface area contributed by atoms with Gasteiger partial charge in [0, 0.05) is 6.54 Å². The maximum atomic E-state index is 5.05. The van der Waals surface area contributed by atoms with Gasteiger partial charge < -0.3 is 9.73 Å². The second-order valence-corrected chi connectivity index (χ2v) is 3.43. The lowest BCUT2D eigenvalue weighted by Gasteiger charge is -2.05. The minimum atomic E-state index is 0.459. The average Bonchev–Trinajstić information content (AvgIpc) is 2.67. The zero-order valence-corrected chi connectivity index (χ0v) is 9.30. The first-order valence-electron chi connectivity index (χ1n) is 4.43. The number of thiocarbonyl (C=S) groups is 1. The fourth-order valence-corrected chi connectivity index (χ4v) is 0.915. The minimum Gasteiger partial charge on any atom is -0.463 e. The molecule has 5 heteroatoms. The normalized spacial score (nSPS) is 10.2. The first-order valence-corrected chi connectivity index (χ1v) is 4.84. The van der Waals surface area contributed by atoms with Gasteiger partial charge in [-0.05, 0) is 31.3 Å². The highest BCUT2D eigenvalue weighted by Gasteiger charge is 1.92. The van der Waals surface area contributed by atoms with Gasteiger partial charge in [0.15, 0.2) is 5.11 Å². The molecule has 1 rings (SSSR count). The zero-order valence-electron chi connectivity index (χ0n) is 8.49. The van der Waals surface area contributed by atoms with Crippen molar-refractivity contribution in [2.45, 2.75) is 6.92 Å². The van der Waals surface area contributed by atoms with Crippen LogP contribution in [-0.2, 0) is 0 Å². The van der Waals surface area contributed by atoms with Crippen molar-refractivity contribution >= 4 is 23.5 Å². The number of hydrogen-bond donors (Lipinski definition) is 2. The van der Waals surface area contributed by atoms with E-state index in [4.69, 9.17) is 16.6 Å². The van der Waals surface area contributed by atoms with Crippen LogP contribution in [0.4, 0.5) is 0 Å². The molecule has 0 saturated heterocycles. The molecule has 0 aliphatic heterocycles. The summed E-state index contributed by atoms with van der Waals surface area (Å²) in [5, 5.41) is 7.29. The van der Waals surface area contributed by atoms with E-state index in [-0.39, 0.29) is 0 Å². The van der Waals surface area contributed by atoms with Crippen molar-refractivity contribution in [1.82, 2.24) is 10.7 Å². The Morgan fingerprint density at radius 3 is 3.13 bits per heavy atom. The number of hydrogen-bond acceptors (Lipinski definition) is 3. The number of nitrogens with zero attached hydrogens (tertiary/aromatic N) is 1. The van der Waals surface area contributed by atoms with Crippen LogP contribution in [-0.4, -0.2) is 17.9 Å². The number of furan rings is 1. The summed E-state index contributed by atoms with van der Waals surface area (Å²) in [5.41, 5.74) is 3.67. The Bertz CT molecular complexity index is 357. The molecule has 4 nitrogen and oxygen atoms in total. The Hall–Kier alpha value is -1.62. The van der Waals surface area contributed by atoms with Crippen molar-refractivity contribution in [3.05, 3.63) is 36.3 Å². The monoisotopic (exact) mass is 223 g/mol. The molecule has 2 N–H and O–H groups in total. The predicted octanol–water partition coefficient (Wildman–Crippen LogP) is 1.65. The third-order valence-electron chi connectivity index (χ3n) is 1.45. The smallest absolute Gasteiger partial charge is 0.187 e. The van der Waals surface area contributed by atoms with Gasteiger partial charge in [0.25, 0.3) is 0 Å². The topological polar surface area (TPSA) is 49.6 Å². The van der Waals surface area contributed by atoms with E-state index in [0.717, 1.165) is 5.57 Å². The Morgan fingerprint density at radius 2 is 2.53 bits per heavy atom. The standard InChI is InChI=1S/C10H13N3OS/c1-8(2)6-11-10(15)13-12-7-9-4-3-5-14-9/h3-5,7H,1,6H2,2H3,(H2,11,13,15). The van der Waals surface area contributed by atoms with Crippen LogP contribution >= 0.6 is 12.2 Å². The van der Waals surface area contributed by atoms with Gasteiger partial charge in [-0.1, -0.05) is 12.2 Å². The van der Waals surface area contributed by atoms with E-state index in [0.29, 0.717) is 17.4 Å². The molecule has 0 unspecified atom stereocenters. The first-order chi connectivity index (χ1) is 7.18. The average molecular weight is 223 g/mol. The third kappa shape index (κ3) is 4.97. The SMILES string of the molecule is C=C(C)CNC(=S)NN=Cc1ccco1. The fourth-order valence-electron chi connectivity index (χ4n) is 0.790. The maximum absolute atomic E-state index is 5.05. The molecule has 1 aromatic heterocycles. The highest BCUT2D eigenvalue weighted by atomic mass is 32.1. The molecule has 0 fully saturated rings. The van der Waals surface area contributed by atoms with Crippen molar-refractivity contribution in [1.29, 1.82) is 0 Å². The van der Waals surface area contributed by atoms with E-state index in [9.17, 15) is 0 Å². The third-order valence-corrected chi connectivity index (χ3v) is 1.69. The van der Waals surface area contributed by atoms with Crippen LogP contribution in [0.2, 0.25) is 0 Å². The van der Waals surface area contributed by atoms with E-state index in [1.165, 1.54) is 0 Å². The van der Waals surface area contributed by atoms with Gasteiger partial charge in [-0.2, -0.15) is 5.10 Å². The largest absolute Gasteiger partial charge is 0.463 e. The summed E-state index contributed by atoms with van der Waals surface area (Å²) >= 11 is 4.96. The van der Waals surface area contributed by atoms with Crippen molar-refractivity contribution in [3.8, 4) is 0 Å². The summed E-state index contributed by atoms with van der Waals surface area (Å²) in [6.07, 6.45) is 3.13. The van der Waals surface area contributed by atoms with Gasteiger partial charge in [0.05, 0.1) is 12.5 Å². The number of hydrazone groups is 1. The molecule has 0 aliphatic rings. The van der Waals surface area contributed by atoms with Crippen LogP contribution in [0.25, 0.3) is 0 Å². The molecular weight excluding hydrogens is 210 g/mol. The molecule has 0 spiro atoms. The van der Waals surface area contributed by atoms with Crippen molar-refractivity contribution in [2.24, 2.45) is 5.10 Å². The highest BCUT2D eigenvalue weighted by Crippen LogP contribution is 1.94. The fraction of sp³-hybridized carbons (Fsp3) is 0.200. The lowest BCUT2D eigenvalue weighted by atomic mass is 10.4. The van der Waals surface area contributed by atoms with Gasteiger partial charge in [0.2, 0.25) is 0 Å². The van der Waals surface area contributed by atoms with Gasteiger partial charge in [-0.25, -0.2) is 0 Å². The molecule has 0 amide bonds. The molecule has 80 valence electrons. The second-order valence-electron chi connectivity index (χ2n) is 3.03. The quantitative estimate of drug-likeness (QED) is 0.353. The minimum absolute atomic E-state index is 0.459. The summed E-state index contributed by atoms with van der Waals surface area (Å²) in [4.78, 5) is 0. The van der Waals surface area contributed by atoms with E-state index in [1.807, 2.05) is 6.92 Å². The van der Waals surface area contributed by atoms with Gasteiger partial charge in [0.1, 0.15) is 5.76 Å². The summed E-state index contributed by atoms with van der Waals surface area (Å²) in [6.45, 7) is 6.30. The van der Waals surface area contributed by atoms with Crippen LogP contribution in [0.15, 0.2) is 40.1 Å². The molecule has 15 heavy (non-hydrogen) atoms. The lowest BCUT2D eigenvalue weighted by molar-refractivity contribution is 0.560. The summed E-state index contributed by atoms with van der Waals surface area (Å²) in [6, 6.07) is 3.59. The van der Waals surface area contributed by atoms with E-state index in [2.05, 4.69) is 22.4 Å². The first kappa shape index (κ1) is 11.5. The summed E-state index contributed by atoms with van der Waals surface area (Å²) in [5.74, 6) is 0.671. The molecule has 0 bridgehead atoms. The van der Waals surface area contributed by atoms with Crippen molar-refractivity contribution in [3.63, 3.8) is 0 Å².